The van der Waals surface area contributed by atoms with E-state index in [-0.39, 0.29) is 10.9 Å². The van der Waals surface area contributed by atoms with Crippen LogP contribution < -0.4 is 0 Å². The van der Waals surface area contributed by atoms with Gasteiger partial charge in [0.05, 0.1) is 25.2 Å². The minimum Gasteiger partial charge on any atom is -0.460 e. The number of ether oxygens (including phenoxy) is 2. The molecule has 1 saturated heterocycles. The first-order valence-electron chi connectivity index (χ1n) is 15.8. The van der Waals surface area contributed by atoms with Gasteiger partial charge >= 0.3 is 5.97 Å². The van der Waals surface area contributed by atoms with Crippen molar-refractivity contribution in [1.82, 2.24) is 0 Å². The van der Waals surface area contributed by atoms with E-state index >= 15 is 0 Å². The summed E-state index contributed by atoms with van der Waals surface area (Å²) in [6.45, 7) is 9.28. The van der Waals surface area contributed by atoms with Crippen molar-refractivity contribution in [3.63, 3.8) is 0 Å². The summed E-state index contributed by atoms with van der Waals surface area (Å²) in [6, 6.07) is 5.99. The quantitative estimate of drug-likeness (QED) is 0.0738. The highest BCUT2D eigenvalue weighted by Gasteiger charge is 2.25. The molecule has 0 amide bonds. The molecule has 232 valence electrons. The minimum atomic E-state index is -4.02. The summed E-state index contributed by atoms with van der Waals surface area (Å²) in [7, 11) is -1.79. The third-order valence-corrected chi connectivity index (χ3v) is 8.62. The Kier molecular flexibility index (Phi) is 20.2. The number of unbranched alkanes of at least 4 members (excludes halogenated alkanes) is 14. The summed E-state index contributed by atoms with van der Waals surface area (Å²) in [5.41, 5.74) is 0.956. The molecule has 1 heterocycles. The fourth-order valence-corrected chi connectivity index (χ4v) is 5.29. The lowest BCUT2D eigenvalue weighted by Gasteiger charge is -2.37. The van der Waals surface area contributed by atoms with Crippen molar-refractivity contribution in [3.05, 3.63) is 29.8 Å². The van der Waals surface area contributed by atoms with Crippen LogP contribution in [-0.4, -0.2) is 69.9 Å². The molecular formula is C32H58NO6S+. The molecule has 40 heavy (non-hydrogen) atoms. The van der Waals surface area contributed by atoms with Crippen LogP contribution in [0, 0.1) is 6.92 Å². The van der Waals surface area contributed by atoms with Crippen molar-refractivity contribution in [3.8, 4) is 0 Å². The topological polar surface area (TPSA) is 89.9 Å². The normalized spacial score (nSPS) is 14.8. The third-order valence-electron chi connectivity index (χ3n) is 7.75. The van der Waals surface area contributed by atoms with E-state index in [0.29, 0.717) is 13.0 Å². The molecule has 0 bridgehead atoms. The van der Waals surface area contributed by atoms with E-state index in [1.54, 1.807) is 12.1 Å². The molecular weight excluding hydrogens is 526 g/mol. The van der Waals surface area contributed by atoms with Gasteiger partial charge in [-0.05, 0) is 25.5 Å². The Hall–Kier alpha value is -1.48. The minimum absolute atomic E-state index is 0.0143. The fraction of sp³-hybridized carbons (Fsp3) is 0.781. The SMILES string of the molecule is CCCCCCCCCCCCCCCCCC(=O)OCC[N+]1(C)CCOCC1.Cc1ccc(S(=O)(=O)O)cc1. The largest absolute Gasteiger partial charge is 0.460 e. The van der Waals surface area contributed by atoms with Gasteiger partial charge in [0.15, 0.2) is 0 Å². The lowest BCUT2D eigenvalue weighted by Crippen LogP contribution is -2.53. The van der Waals surface area contributed by atoms with Crippen molar-refractivity contribution >= 4 is 16.1 Å². The zero-order chi connectivity index (χ0) is 29.5. The second-order valence-corrected chi connectivity index (χ2v) is 13.0. The maximum atomic E-state index is 11.9. The lowest BCUT2D eigenvalue weighted by molar-refractivity contribution is -0.917. The highest BCUT2D eigenvalue weighted by atomic mass is 32.2. The third kappa shape index (κ3) is 19.6. The van der Waals surface area contributed by atoms with Crippen molar-refractivity contribution in [2.75, 3.05) is 46.5 Å². The monoisotopic (exact) mass is 584 g/mol. The van der Waals surface area contributed by atoms with Gasteiger partial charge in [-0.1, -0.05) is 115 Å². The molecule has 0 spiro atoms. The number of hydrogen-bond acceptors (Lipinski definition) is 5. The Labute approximate surface area is 245 Å². The predicted octanol–water partition coefficient (Wildman–Crippen LogP) is 7.51. The van der Waals surface area contributed by atoms with Gasteiger partial charge in [0.25, 0.3) is 10.1 Å². The van der Waals surface area contributed by atoms with Crippen LogP contribution in [0.25, 0.3) is 0 Å². The van der Waals surface area contributed by atoms with Crippen LogP contribution in [0.3, 0.4) is 0 Å². The molecule has 1 aliphatic heterocycles. The van der Waals surface area contributed by atoms with Crippen LogP contribution in [-0.2, 0) is 24.4 Å². The molecule has 0 aromatic heterocycles. The van der Waals surface area contributed by atoms with E-state index in [0.717, 1.165) is 55.7 Å². The Morgan fingerprint density at radius 2 is 1.27 bits per heavy atom. The Morgan fingerprint density at radius 3 is 1.73 bits per heavy atom. The second kappa shape index (κ2) is 22.2. The lowest BCUT2D eigenvalue weighted by atomic mass is 10.0. The number of nitrogens with zero attached hydrogens (tertiary/aromatic N) is 1. The van der Waals surface area contributed by atoms with Gasteiger partial charge in [-0.2, -0.15) is 8.42 Å². The van der Waals surface area contributed by atoms with Crippen LogP contribution in [0.2, 0.25) is 0 Å². The van der Waals surface area contributed by atoms with Gasteiger partial charge in [-0.15, -0.1) is 0 Å². The van der Waals surface area contributed by atoms with Gasteiger partial charge < -0.3 is 14.0 Å². The van der Waals surface area contributed by atoms with Crippen LogP contribution in [0.5, 0.6) is 0 Å². The molecule has 0 saturated carbocycles. The fourth-order valence-electron chi connectivity index (χ4n) is 4.81. The van der Waals surface area contributed by atoms with Gasteiger partial charge in [0.2, 0.25) is 0 Å². The summed E-state index contributed by atoms with van der Waals surface area (Å²) < 4.78 is 41.4. The first-order chi connectivity index (χ1) is 19.2. The summed E-state index contributed by atoms with van der Waals surface area (Å²) in [5, 5.41) is 0. The van der Waals surface area contributed by atoms with E-state index in [1.165, 1.54) is 95.6 Å². The molecule has 0 aliphatic carbocycles. The standard InChI is InChI=1S/C25H50NO3.C7H8O3S/c1-3-4-5-6-7-8-9-10-11-12-13-14-15-16-17-18-25(27)29-24-21-26(2)19-22-28-23-20-26;1-6-2-4-7(5-3-6)11(8,9)10/h3-24H2,1-2H3;2-5H,1H3,(H,8,9,10)/q+1;. The van der Waals surface area contributed by atoms with Crippen LogP contribution in [0.1, 0.15) is 115 Å². The molecule has 0 radical (unpaired) electrons. The van der Waals surface area contributed by atoms with Crippen molar-refractivity contribution in [2.24, 2.45) is 0 Å². The molecule has 7 nitrogen and oxygen atoms in total. The Bertz CT molecular complexity index is 866. The van der Waals surface area contributed by atoms with Crippen molar-refractivity contribution in [2.45, 2.75) is 121 Å². The summed E-state index contributed by atoms with van der Waals surface area (Å²) >= 11 is 0. The number of quaternary nitrogens is 1. The van der Waals surface area contributed by atoms with Crippen molar-refractivity contribution < 1.29 is 31.7 Å². The van der Waals surface area contributed by atoms with E-state index in [9.17, 15) is 13.2 Å². The van der Waals surface area contributed by atoms with E-state index in [4.69, 9.17) is 14.0 Å². The summed E-state index contributed by atoms with van der Waals surface area (Å²) in [6.07, 6.45) is 20.8. The smallest absolute Gasteiger partial charge is 0.305 e. The number of morpholine rings is 1. The number of esters is 1. The molecule has 2 rings (SSSR count). The average molecular weight is 585 g/mol. The summed E-state index contributed by atoms with van der Waals surface area (Å²) in [4.78, 5) is 11.8. The molecule has 0 atom stereocenters. The first kappa shape index (κ1) is 36.5. The van der Waals surface area contributed by atoms with Gasteiger partial charge in [0, 0.05) is 6.42 Å². The number of likely N-dealkylation sites (N-methyl/N-ethyl adjacent to an activating group) is 1. The first-order valence-corrected chi connectivity index (χ1v) is 17.2. The number of benzene rings is 1. The highest BCUT2D eigenvalue weighted by molar-refractivity contribution is 7.85. The Morgan fingerprint density at radius 1 is 0.825 bits per heavy atom. The number of rotatable bonds is 20. The van der Waals surface area contributed by atoms with Crippen LogP contribution in [0.4, 0.5) is 0 Å². The average Bonchev–Trinajstić information content (AvgIpc) is 2.91. The van der Waals surface area contributed by atoms with Crippen LogP contribution in [0.15, 0.2) is 29.2 Å². The highest BCUT2D eigenvalue weighted by Crippen LogP contribution is 2.14. The zero-order valence-corrected chi connectivity index (χ0v) is 26.5. The second-order valence-electron chi connectivity index (χ2n) is 11.6. The molecule has 1 aromatic carbocycles. The molecule has 0 unspecified atom stereocenters. The maximum Gasteiger partial charge on any atom is 0.305 e. The van der Waals surface area contributed by atoms with Crippen molar-refractivity contribution in [1.29, 1.82) is 0 Å². The number of carbonyl (C=O) groups is 1. The Balaban J connectivity index is 0.000000603. The molecule has 8 heteroatoms. The number of carbonyl (C=O) groups excluding carboxylic acids is 1. The summed E-state index contributed by atoms with van der Waals surface area (Å²) in [5.74, 6) is -0.0143. The predicted molar refractivity (Wildman–Crippen MR) is 163 cm³/mol. The van der Waals surface area contributed by atoms with Crippen LogP contribution >= 0.6 is 0 Å². The van der Waals surface area contributed by atoms with Gasteiger partial charge in [-0.3, -0.25) is 9.35 Å². The zero-order valence-electron chi connectivity index (χ0n) is 25.7. The van der Waals surface area contributed by atoms with E-state index in [1.807, 2.05) is 6.92 Å². The molecule has 1 fully saturated rings. The number of hydrogen-bond donors (Lipinski definition) is 1. The van der Waals surface area contributed by atoms with Gasteiger partial charge in [0.1, 0.15) is 26.2 Å². The molecule has 1 aromatic rings. The van der Waals surface area contributed by atoms with E-state index in [2.05, 4.69) is 14.0 Å². The molecule has 1 aliphatic rings. The number of aryl methyl sites for hydroxylation is 1. The molecule has 1 N–H and O–H groups in total. The van der Waals surface area contributed by atoms with Gasteiger partial charge in [-0.25, -0.2) is 0 Å². The van der Waals surface area contributed by atoms with E-state index < -0.39 is 10.1 Å². The maximum absolute atomic E-state index is 11.9.